The molecule has 0 aromatic heterocycles. The fourth-order valence-electron chi connectivity index (χ4n) is 2.92. The molecule has 0 fully saturated rings. The predicted octanol–water partition coefficient (Wildman–Crippen LogP) is 3.32. The topological polar surface area (TPSA) is 20.2 Å². The van der Waals surface area contributed by atoms with Crippen molar-refractivity contribution in [2.45, 2.75) is 44.6 Å². The van der Waals surface area contributed by atoms with E-state index in [2.05, 4.69) is 24.3 Å². The van der Waals surface area contributed by atoms with E-state index in [1.165, 1.54) is 42.4 Å². The van der Waals surface area contributed by atoms with Crippen LogP contribution in [0.2, 0.25) is 0 Å². The Labute approximate surface area is 96.8 Å². The Kier molecular flexibility index (Phi) is 2.56. The summed E-state index contributed by atoms with van der Waals surface area (Å²) in [5.41, 5.74) is 5.25. The number of benzene rings is 1. The minimum Gasteiger partial charge on any atom is -0.384 e. The van der Waals surface area contributed by atoms with Crippen LogP contribution in [0.5, 0.6) is 0 Å². The van der Waals surface area contributed by atoms with E-state index < -0.39 is 0 Å². The molecule has 0 heterocycles. The molecule has 1 atom stereocenters. The lowest BCUT2D eigenvalue weighted by Gasteiger charge is -2.13. The second-order valence-corrected chi connectivity index (χ2v) is 4.96. The van der Waals surface area contributed by atoms with E-state index in [1.54, 1.807) is 0 Å². The van der Waals surface area contributed by atoms with Crippen molar-refractivity contribution >= 4 is 0 Å². The first-order valence-corrected chi connectivity index (χ1v) is 6.33. The monoisotopic (exact) mass is 214 g/mol. The van der Waals surface area contributed by atoms with E-state index in [1.807, 2.05) is 0 Å². The molecule has 1 unspecified atom stereocenters. The number of hydrogen-bond acceptors (Lipinski definition) is 1. The smallest absolute Gasteiger partial charge is 0.100 e. The molecule has 1 heteroatoms. The zero-order chi connectivity index (χ0) is 11.0. The zero-order valence-electron chi connectivity index (χ0n) is 9.58. The van der Waals surface area contributed by atoms with Gasteiger partial charge >= 0.3 is 0 Å². The third-order valence-corrected chi connectivity index (χ3v) is 3.87. The van der Waals surface area contributed by atoms with Crippen LogP contribution in [0.3, 0.4) is 0 Å². The average molecular weight is 214 g/mol. The molecule has 0 spiro atoms. The van der Waals surface area contributed by atoms with E-state index in [9.17, 15) is 5.11 Å². The van der Waals surface area contributed by atoms with Crippen molar-refractivity contribution in [3.63, 3.8) is 0 Å². The quantitative estimate of drug-likeness (QED) is 0.749. The standard InChI is InChI=1S/C15H18O/c16-15(12-4-1-2-5-12)14-9-8-11-6-3-7-13(11)10-14/h4,8-10,15-16H,1-3,5-7H2. The molecule has 16 heavy (non-hydrogen) atoms. The van der Waals surface area contributed by atoms with Gasteiger partial charge in [0.2, 0.25) is 0 Å². The van der Waals surface area contributed by atoms with Crippen molar-refractivity contribution in [2.24, 2.45) is 0 Å². The third kappa shape index (κ3) is 1.69. The van der Waals surface area contributed by atoms with Gasteiger partial charge in [-0.1, -0.05) is 24.3 Å². The molecule has 0 radical (unpaired) electrons. The van der Waals surface area contributed by atoms with Crippen molar-refractivity contribution in [2.75, 3.05) is 0 Å². The molecule has 0 saturated heterocycles. The summed E-state index contributed by atoms with van der Waals surface area (Å²) in [7, 11) is 0. The number of fused-ring (bicyclic) bond motifs is 1. The SMILES string of the molecule is OC(C1=CCCC1)c1ccc2c(c1)CCC2. The molecule has 0 amide bonds. The lowest BCUT2D eigenvalue weighted by Crippen LogP contribution is -2.00. The number of allylic oxidation sites excluding steroid dienone is 1. The van der Waals surface area contributed by atoms with Gasteiger partial charge in [-0.2, -0.15) is 0 Å². The molecule has 1 aromatic rings. The van der Waals surface area contributed by atoms with E-state index in [0.717, 1.165) is 18.4 Å². The Hall–Kier alpha value is -1.08. The molecule has 3 rings (SSSR count). The molecule has 1 N–H and O–H groups in total. The van der Waals surface area contributed by atoms with Gasteiger partial charge in [0.05, 0.1) is 0 Å². The maximum atomic E-state index is 10.3. The highest BCUT2D eigenvalue weighted by molar-refractivity contribution is 5.38. The number of aliphatic hydroxyl groups is 1. The Bertz CT molecular complexity index is 431. The fraction of sp³-hybridized carbons (Fsp3) is 0.467. The lowest BCUT2D eigenvalue weighted by molar-refractivity contribution is 0.212. The number of aliphatic hydroxyl groups excluding tert-OH is 1. The van der Waals surface area contributed by atoms with Crippen LogP contribution < -0.4 is 0 Å². The van der Waals surface area contributed by atoms with Gasteiger partial charge in [0.15, 0.2) is 0 Å². The molecule has 2 aliphatic rings. The van der Waals surface area contributed by atoms with E-state index in [4.69, 9.17) is 0 Å². The maximum absolute atomic E-state index is 10.3. The van der Waals surface area contributed by atoms with Crippen LogP contribution in [0, 0.1) is 0 Å². The van der Waals surface area contributed by atoms with Crippen molar-refractivity contribution < 1.29 is 5.11 Å². The number of aryl methyl sites for hydroxylation is 2. The summed E-state index contributed by atoms with van der Waals surface area (Å²) in [6.45, 7) is 0. The summed E-state index contributed by atoms with van der Waals surface area (Å²) in [4.78, 5) is 0. The fourth-order valence-corrected chi connectivity index (χ4v) is 2.92. The minimum atomic E-state index is -0.353. The van der Waals surface area contributed by atoms with Gasteiger partial charge in [0.1, 0.15) is 6.10 Å². The normalized spacial score (nSPS) is 20.7. The van der Waals surface area contributed by atoms with Crippen LogP contribution in [0.4, 0.5) is 0 Å². The third-order valence-electron chi connectivity index (χ3n) is 3.87. The largest absolute Gasteiger partial charge is 0.384 e. The Balaban J connectivity index is 1.89. The summed E-state index contributed by atoms with van der Waals surface area (Å²) in [6, 6.07) is 6.52. The van der Waals surface area contributed by atoms with Crippen LogP contribution in [0.25, 0.3) is 0 Å². The Morgan fingerprint density at radius 2 is 1.88 bits per heavy atom. The minimum absolute atomic E-state index is 0.353. The molecule has 0 bridgehead atoms. The van der Waals surface area contributed by atoms with Gasteiger partial charge in [-0.05, 0) is 60.8 Å². The van der Waals surface area contributed by atoms with Gasteiger partial charge in [-0.3, -0.25) is 0 Å². The lowest BCUT2D eigenvalue weighted by atomic mass is 9.97. The summed E-state index contributed by atoms with van der Waals surface area (Å²) in [5, 5.41) is 10.3. The molecule has 84 valence electrons. The van der Waals surface area contributed by atoms with Crippen LogP contribution in [-0.4, -0.2) is 5.11 Å². The summed E-state index contributed by atoms with van der Waals surface area (Å²) < 4.78 is 0. The van der Waals surface area contributed by atoms with Crippen LogP contribution in [0.1, 0.15) is 48.5 Å². The average Bonchev–Trinajstić information content (AvgIpc) is 2.98. The van der Waals surface area contributed by atoms with E-state index >= 15 is 0 Å². The van der Waals surface area contributed by atoms with Gasteiger partial charge in [-0.15, -0.1) is 0 Å². The van der Waals surface area contributed by atoms with E-state index in [-0.39, 0.29) is 6.10 Å². The second-order valence-electron chi connectivity index (χ2n) is 4.96. The van der Waals surface area contributed by atoms with Crippen molar-refractivity contribution in [3.8, 4) is 0 Å². The maximum Gasteiger partial charge on any atom is 0.100 e. The predicted molar refractivity (Wildman–Crippen MR) is 65.4 cm³/mol. The van der Waals surface area contributed by atoms with Crippen molar-refractivity contribution in [1.29, 1.82) is 0 Å². The first-order chi connectivity index (χ1) is 7.84. The van der Waals surface area contributed by atoms with Gasteiger partial charge in [-0.25, -0.2) is 0 Å². The molecule has 0 aliphatic heterocycles. The molecule has 1 aromatic carbocycles. The van der Waals surface area contributed by atoms with Crippen LogP contribution >= 0.6 is 0 Å². The Morgan fingerprint density at radius 3 is 2.69 bits per heavy atom. The van der Waals surface area contributed by atoms with Gasteiger partial charge < -0.3 is 5.11 Å². The summed E-state index contributed by atoms with van der Waals surface area (Å²) >= 11 is 0. The summed E-state index contributed by atoms with van der Waals surface area (Å²) in [6.07, 6.45) is 8.94. The second kappa shape index (κ2) is 4.06. The van der Waals surface area contributed by atoms with Crippen molar-refractivity contribution in [3.05, 3.63) is 46.5 Å². The first kappa shape index (κ1) is 10.1. The van der Waals surface area contributed by atoms with Crippen molar-refractivity contribution in [1.82, 2.24) is 0 Å². The molecule has 1 nitrogen and oxygen atoms in total. The molecule has 0 saturated carbocycles. The van der Waals surface area contributed by atoms with E-state index in [0.29, 0.717) is 0 Å². The first-order valence-electron chi connectivity index (χ1n) is 6.33. The number of hydrogen-bond donors (Lipinski definition) is 1. The highest BCUT2D eigenvalue weighted by atomic mass is 16.3. The zero-order valence-corrected chi connectivity index (χ0v) is 9.58. The molecular formula is C15H18O. The Morgan fingerprint density at radius 1 is 1.00 bits per heavy atom. The summed E-state index contributed by atoms with van der Waals surface area (Å²) in [5.74, 6) is 0. The highest BCUT2D eigenvalue weighted by Crippen LogP contribution is 2.32. The van der Waals surface area contributed by atoms with Crippen LogP contribution in [0.15, 0.2) is 29.8 Å². The molecule has 2 aliphatic carbocycles. The molecular weight excluding hydrogens is 196 g/mol. The number of rotatable bonds is 2. The highest BCUT2D eigenvalue weighted by Gasteiger charge is 2.18. The van der Waals surface area contributed by atoms with Crippen LogP contribution in [-0.2, 0) is 12.8 Å². The van der Waals surface area contributed by atoms with Gasteiger partial charge in [0, 0.05) is 0 Å². The van der Waals surface area contributed by atoms with Gasteiger partial charge in [0.25, 0.3) is 0 Å².